The maximum absolute atomic E-state index is 13.0. The topological polar surface area (TPSA) is 70.1 Å². The van der Waals surface area contributed by atoms with Gasteiger partial charge in [-0.1, -0.05) is 59.6 Å². The van der Waals surface area contributed by atoms with Crippen LogP contribution in [0.1, 0.15) is 17.2 Å². The second-order valence-electron chi connectivity index (χ2n) is 7.49. The van der Waals surface area contributed by atoms with Crippen molar-refractivity contribution < 1.29 is 19.4 Å². The Morgan fingerprint density at radius 3 is 2.39 bits per heavy atom. The summed E-state index contributed by atoms with van der Waals surface area (Å²) in [5, 5.41) is 11.7. The molecule has 1 amide bonds. The molecule has 1 N–H and O–H groups in total. The lowest BCUT2D eigenvalue weighted by molar-refractivity contribution is -0.140. The van der Waals surface area contributed by atoms with E-state index >= 15 is 0 Å². The molecule has 0 spiro atoms. The Morgan fingerprint density at radius 2 is 1.71 bits per heavy atom. The highest BCUT2D eigenvalue weighted by molar-refractivity contribution is 6.46. The van der Waals surface area contributed by atoms with Crippen LogP contribution in [0.15, 0.2) is 54.1 Å². The van der Waals surface area contributed by atoms with E-state index < -0.39 is 17.7 Å². The van der Waals surface area contributed by atoms with Crippen molar-refractivity contribution in [2.45, 2.75) is 6.04 Å². The second kappa shape index (κ2) is 9.40. The van der Waals surface area contributed by atoms with Gasteiger partial charge in [-0.05, 0) is 17.7 Å². The molecule has 0 radical (unpaired) electrons. The molecule has 2 heterocycles. The lowest BCUT2D eigenvalue weighted by atomic mass is 9.95. The smallest absolute Gasteiger partial charge is 0.295 e. The molecule has 8 heteroatoms. The third-order valence-corrected chi connectivity index (χ3v) is 6.35. The van der Waals surface area contributed by atoms with Gasteiger partial charge in [0.15, 0.2) is 0 Å². The fourth-order valence-corrected chi connectivity index (χ4v) is 4.27. The molecule has 0 aromatic heterocycles. The highest BCUT2D eigenvalue weighted by atomic mass is 35.5. The summed E-state index contributed by atoms with van der Waals surface area (Å²) in [5.74, 6) is -1.55. The fourth-order valence-electron chi connectivity index (χ4n) is 3.97. The van der Waals surface area contributed by atoms with E-state index in [1.807, 2.05) is 6.07 Å². The first-order valence-corrected chi connectivity index (χ1v) is 10.8. The molecular weight excluding hydrogens is 439 g/mol. The second-order valence-corrected chi connectivity index (χ2v) is 8.30. The van der Waals surface area contributed by atoms with Gasteiger partial charge in [-0.25, -0.2) is 0 Å². The van der Waals surface area contributed by atoms with E-state index in [-0.39, 0.29) is 11.3 Å². The minimum absolute atomic E-state index is 0.0524. The molecule has 31 heavy (non-hydrogen) atoms. The summed E-state index contributed by atoms with van der Waals surface area (Å²) < 4.78 is 5.38. The number of rotatable bonds is 5. The molecule has 0 unspecified atom stereocenters. The minimum Gasteiger partial charge on any atom is -0.507 e. The zero-order valence-electron chi connectivity index (χ0n) is 16.8. The number of Topliss-reactive ketones (excluding diaryl/α,β-unsaturated/α-hetero) is 1. The molecule has 0 bridgehead atoms. The van der Waals surface area contributed by atoms with Crippen LogP contribution < -0.4 is 0 Å². The molecule has 0 aliphatic carbocycles. The lowest BCUT2D eigenvalue weighted by Crippen LogP contribution is -2.42. The summed E-state index contributed by atoms with van der Waals surface area (Å²) in [7, 11) is 0. The van der Waals surface area contributed by atoms with Gasteiger partial charge in [0, 0.05) is 31.7 Å². The van der Waals surface area contributed by atoms with Gasteiger partial charge in [0.25, 0.3) is 11.7 Å². The van der Waals surface area contributed by atoms with Crippen LogP contribution in [0.25, 0.3) is 5.76 Å². The summed E-state index contributed by atoms with van der Waals surface area (Å²) >= 11 is 12.3. The van der Waals surface area contributed by atoms with Crippen molar-refractivity contribution in [3.8, 4) is 0 Å². The molecule has 6 nitrogen and oxygen atoms in total. The summed E-state index contributed by atoms with van der Waals surface area (Å²) in [5.41, 5.74) is 1.14. The normalized spacial score (nSPS) is 21.6. The molecule has 2 saturated heterocycles. The summed E-state index contributed by atoms with van der Waals surface area (Å²) in [6, 6.07) is 13.0. The average molecular weight is 461 g/mol. The van der Waals surface area contributed by atoms with Crippen LogP contribution >= 0.6 is 23.2 Å². The number of carbonyl (C=O) groups excluding carboxylic acids is 2. The van der Waals surface area contributed by atoms with Gasteiger partial charge in [0.05, 0.1) is 34.9 Å². The van der Waals surface area contributed by atoms with Crippen molar-refractivity contribution >= 4 is 40.7 Å². The zero-order valence-corrected chi connectivity index (χ0v) is 18.3. The SMILES string of the molecule is O=C1C(=O)N(CCN2CCOCC2)[C@@H](c2ccc(Cl)c(Cl)c2)/C1=C(\O)c1ccccc1. The predicted octanol–water partition coefficient (Wildman–Crippen LogP) is 3.75. The van der Waals surface area contributed by atoms with Crippen LogP contribution in [-0.4, -0.2) is 66.0 Å². The summed E-state index contributed by atoms with van der Waals surface area (Å²) in [4.78, 5) is 29.7. The number of halogens is 2. The maximum Gasteiger partial charge on any atom is 0.295 e. The number of likely N-dealkylation sites (tertiary alicyclic amines) is 1. The summed E-state index contributed by atoms with van der Waals surface area (Å²) in [6.45, 7) is 3.75. The summed E-state index contributed by atoms with van der Waals surface area (Å²) in [6.07, 6.45) is 0. The average Bonchev–Trinajstić information content (AvgIpc) is 3.05. The number of ether oxygens (including phenoxy) is 1. The first kappa shape index (κ1) is 21.8. The number of amides is 1. The molecule has 1 atom stereocenters. The van der Waals surface area contributed by atoms with Crippen LogP contribution in [0.3, 0.4) is 0 Å². The van der Waals surface area contributed by atoms with Crippen LogP contribution in [0, 0.1) is 0 Å². The number of morpholine rings is 1. The van der Waals surface area contributed by atoms with E-state index in [4.69, 9.17) is 27.9 Å². The number of aliphatic hydroxyl groups is 1. The minimum atomic E-state index is -0.754. The van der Waals surface area contributed by atoms with Gasteiger partial charge in [-0.3, -0.25) is 14.5 Å². The van der Waals surface area contributed by atoms with Crippen molar-refractivity contribution in [2.24, 2.45) is 0 Å². The van der Waals surface area contributed by atoms with E-state index in [9.17, 15) is 14.7 Å². The number of benzene rings is 2. The van der Waals surface area contributed by atoms with Gasteiger partial charge < -0.3 is 14.7 Å². The third-order valence-electron chi connectivity index (χ3n) is 5.61. The predicted molar refractivity (Wildman–Crippen MR) is 119 cm³/mol. The Bertz CT molecular complexity index is 1020. The first-order valence-electron chi connectivity index (χ1n) is 10.1. The van der Waals surface area contributed by atoms with Crippen molar-refractivity contribution in [1.82, 2.24) is 9.80 Å². The van der Waals surface area contributed by atoms with Gasteiger partial charge in [0.1, 0.15) is 5.76 Å². The van der Waals surface area contributed by atoms with Gasteiger partial charge in [0.2, 0.25) is 0 Å². The van der Waals surface area contributed by atoms with E-state index in [1.165, 1.54) is 4.90 Å². The zero-order chi connectivity index (χ0) is 22.0. The van der Waals surface area contributed by atoms with Crippen LogP contribution in [0.2, 0.25) is 10.0 Å². The quantitative estimate of drug-likeness (QED) is 0.418. The highest BCUT2D eigenvalue weighted by Gasteiger charge is 2.46. The maximum atomic E-state index is 13.0. The number of aliphatic hydroxyl groups excluding tert-OH is 1. The molecule has 2 aliphatic heterocycles. The number of hydrogen-bond acceptors (Lipinski definition) is 5. The molecule has 2 fully saturated rings. The van der Waals surface area contributed by atoms with E-state index in [0.717, 1.165) is 13.1 Å². The van der Waals surface area contributed by atoms with Crippen molar-refractivity contribution in [1.29, 1.82) is 0 Å². The Kier molecular flexibility index (Phi) is 6.62. The Labute approximate surface area is 190 Å². The van der Waals surface area contributed by atoms with Gasteiger partial charge in [-0.15, -0.1) is 0 Å². The number of ketones is 1. The van der Waals surface area contributed by atoms with Gasteiger partial charge >= 0.3 is 0 Å². The molecule has 2 aliphatic rings. The Balaban J connectivity index is 1.75. The standard InChI is InChI=1S/C23H22Cl2N2O4/c24-17-7-6-16(14-18(17)25)20-19(21(28)15-4-2-1-3-5-15)22(29)23(30)27(20)9-8-26-10-12-31-13-11-26/h1-7,14,20,28H,8-13H2/b21-19+/t20-/m0/s1. The molecule has 2 aromatic rings. The van der Waals surface area contributed by atoms with E-state index in [2.05, 4.69) is 4.90 Å². The van der Waals surface area contributed by atoms with E-state index in [0.29, 0.717) is 47.5 Å². The largest absolute Gasteiger partial charge is 0.507 e. The molecule has 2 aromatic carbocycles. The molecule has 162 valence electrons. The number of carbonyl (C=O) groups is 2. The highest BCUT2D eigenvalue weighted by Crippen LogP contribution is 2.40. The van der Waals surface area contributed by atoms with Crippen LogP contribution in [0.5, 0.6) is 0 Å². The Hall–Kier alpha value is -2.38. The van der Waals surface area contributed by atoms with Crippen LogP contribution in [0.4, 0.5) is 0 Å². The van der Waals surface area contributed by atoms with Crippen molar-refractivity contribution in [2.75, 3.05) is 39.4 Å². The van der Waals surface area contributed by atoms with Crippen molar-refractivity contribution in [3.63, 3.8) is 0 Å². The molecule has 0 saturated carbocycles. The third kappa shape index (κ3) is 4.48. The monoisotopic (exact) mass is 460 g/mol. The molecular formula is C23H22Cl2N2O4. The fraction of sp³-hybridized carbons (Fsp3) is 0.304. The molecule has 4 rings (SSSR count). The van der Waals surface area contributed by atoms with E-state index in [1.54, 1.807) is 42.5 Å². The van der Waals surface area contributed by atoms with Crippen molar-refractivity contribution in [3.05, 3.63) is 75.3 Å². The Morgan fingerprint density at radius 1 is 1.00 bits per heavy atom. The van der Waals surface area contributed by atoms with Gasteiger partial charge in [-0.2, -0.15) is 0 Å². The van der Waals surface area contributed by atoms with Crippen LogP contribution in [-0.2, 0) is 14.3 Å². The number of nitrogens with zero attached hydrogens (tertiary/aromatic N) is 2. The number of hydrogen-bond donors (Lipinski definition) is 1. The lowest BCUT2D eigenvalue weighted by Gasteiger charge is -2.31. The first-order chi connectivity index (χ1) is 15.0.